The van der Waals surface area contributed by atoms with Gasteiger partial charge in [-0.3, -0.25) is 0 Å². The van der Waals surface area contributed by atoms with Crippen molar-refractivity contribution in [1.29, 1.82) is 0 Å². The van der Waals surface area contributed by atoms with Crippen molar-refractivity contribution in [2.24, 2.45) is 0 Å². The second-order valence-electron chi connectivity index (χ2n) is 14.7. The molecule has 3 rings (SSSR count). The van der Waals surface area contributed by atoms with E-state index in [4.69, 9.17) is 28.4 Å². The van der Waals surface area contributed by atoms with Crippen LogP contribution in [0.3, 0.4) is 0 Å². The van der Waals surface area contributed by atoms with Gasteiger partial charge in [0.1, 0.15) is 34.6 Å². The van der Waals surface area contributed by atoms with Gasteiger partial charge in [-0.25, -0.2) is 28.0 Å². The predicted molar refractivity (Wildman–Crippen MR) is 226 cm³/mol. The third-order valence-corrected chi connectivity index (χ3v) is 9.34. The molecular formula is C48H60F2O10. The molecule has 326 valence electrons. The molecule has 0 aliphatic heterocycles. The summed E-state index contributed by atoms with van der Waals surface area (Å²) in [5.41, 5.74) is 0.286. The van der Waals surface area contributed by atoms with E-state index < -0.39 is 23.6 Å². The molecule has 12 heteroatoms. The summed E-state index contributed by atoms with van der Waals surface area (Å²) in [5, 5.41) is 0. The summed E-state index contributed by atoms with van der Waals surface area (Å²) < 4.78 is 61.8. The number of benzene rings is 3. The van der Waals surface area contributed by atoms with Crippen molar-refractivity contribution < 1.29 is 56.4 Å². The number of rotatable bonds is 30. The normalized spacial score (nSPS) is 10.7. The number of carbonyl (C=O) groups is 4. The minimum Gasteiger partial charge on any atom is -0.493 e. The van der Waals surface area contributed by atoms with E-state index in [2.05, 4.69) is 13.2 Å². The van der Waals surface area contributed by atoms with Crippen LogP contribution >= 0.6 is 0 Å². The molecular weight excluding hydrogens is 775 g/mol. The molecule has 3 aromatic rings. The number of esters is 4. The Morgan fingerprint density at radius 1 is 0.433 bits per heavy atom. The predicted octanol–water partition coefficient (Wildman–Crippen LogP) is 11.6. The zero-order valence-corrected chi connectivity index (χ0v) is 35.2. The van der Waals surface area contributed by atoms with Crippen molar-refractivity contribution in [2.75, 3.05) is 26.4 Å². The van der Waals surface area contributed by atoms with Crippen LogP contribution in [0, 0.1) is 11.6 Å². The first-order chi connectivity index (χ1) is 28.9. The summed E-state index contributed by atoms with van der Waals surface area (Å²) in [6, 6.07) is 13.4. The number of ether oxygens (including phenoxy) is 6. The highest BCUT2D eigenvalue weighted by Crippen LogP contribution is 2.24. The molecule has 0 N–H and O–H groups in total. The van der Waals surface area contributed by atoms with Gasteiger partial charge in [0.15, 0.2) is 0 Å². The maximum absolute atomic E-state index is 14.8. The Labute approximate surface area is 353 Å². The molecule has 0 aliphatic carbocycles. The highest BCUT2D eigenvalue weighted by molar-refractivity contribution is 5.92. The third-order valence-electron chi connectivity index (χ3n) is 9.34. The van der Waals surface area contributed by atoms with E-state index >= 15 is 0 Å². The molecule has 0 spiro atoms. The first-order valence-corrected chi connectivity index (χ1v) is 21.0. The molecule has 0 bridgehead atoms. The SMILES string of the molecule is C=C(C)C(=O)OCCCCCCCCCCOc1ccc(C(=O)Oc2ccc(OC(=O)c3ccc(OCCCCCCCCCCOC(=O)C(=C)C)cc3F)cc2)c(F)c1. The third kappa shape index (κ3) is 19.5. The molecule has 60 heavy (non-hydrogen) atoms. The van der Waals surface area contributed by atoms with Crippen LogP contribution in [-0.4, -0.2) is 50.3 Å². The Morgan fingerprint density at radius 3 is 1.02 bits per heavy atom. The summed E-state index contributed by atoms with van der Waals surface area (Å²) in [7, 11) is 0. The van der Waals surface area contributed by atoms with Gasteiger partial charge in [-0.2, -0.15) is 0 Å². The fraction of sp³-hybridized carbons (Fsp3) is 0.458. The van der Waals surface area contributed by atoms with E-state index in [0.29, 0.717) is 49.1 Å². The Hall–Kier alpha value is -5.52. The number of hydrogen-bond acceptors (Lipinski definition) is 10. The largest absolute Gasteiger partial charge is 0.493 e. The molecule has 0 atom stereocenters. The van der Waals surface area contributed by atoms with Gasteiger partial charge in [0.05, 0.1) is 37.6 Å². The van der Waals surface area contributed by atoms with Crippen LogP contribution in [0.15, 0.2) is 85.0 Å². The zero-order valence-electron chi connectivity index (χ0n) is 35.2. The molecule has 0 saturated heterocycles. The van der Waals surface area contributed by atoms with E-state index in [9.17, 15) is 28.0 Å². The first-order valence-electron chi connectivity index (χ1n) is 21.0. The molecule has 0 unspecified atom stereocenters. The zero-order chi connectivity index (χ0) is 43.5. The average molecular weight is 835 g/mol. The molecule has 0 aliphatic rings. The Balaban J connectivity index is 1.27. The average Bonchev–Trinajstić information content (AvgIpc) is 3.22. The van der Waals surface area contributed by atoms with Crippen LogP contribution in [0.1, 0.15) is 137 Å². The number of hydrogen-bond donors (Lipinski definition) is 0. The van der Waals surface area contributed by atoms with Crippen LogP contribution in [-0.2, 0) is 19.1 Å². The van der Waals surface area contributed by atoms with E-state index in [-0.39, 0.29) is 34.6 Å². The Kier molecular flexibility index (Phi) is 22.8. The van der Waals surface area contributed by atoms with Gasteiger partial charge in [0.2, 0.25) is 0 Å². The molecule has 3 aromatic carbocycles. The Morgan fingerprint density at radius 2 is 0.717 bits per heavy atom. The fourth-order valence-corrected chi connectivity index (χ4v) is 5.89. The first kappa shape index (κ1) is 48.8. The molecule has 10 nitrogen and oxygen atoms in total. The topological polar surface area (TPSA) is 124 Å². The van der Waals surface area contributed by atoms with Gasteiger partial charge < -0.3 is 28.4 Å². The maximum atomic E-state index is 14.8. The number of unbranched alkanes of at least 4 members (excludes halogenated alkanes) is 14. The van der Waals surface area contributed by atoms with Gasteiger partial charge in [0.25, 0.3) is 0 Å². The molecule has 0 radical (unpaired) electrons. The van der Waals surface area contributed by atoms with Gasteiger partial charge >= 0.3 is 23.9 Å². The lowest BCUT2D eigenvalue weighted by Crippen LogP contribution is -2.12. The molecule has 0 saturated carbocycles. The van der Waals surface area contributed by atoms with Crippen LogP contribution in [0.2, 0.25) is 0 Å². The molecule has 0 fully saturated rings. The quantitative estimate of drug-likeness (QED) is 0.0277. The fourth-order valence-electron chi connectivity index (χ4n) is 5.89. The monoisotopic (exact) mass is 834 g/mol. The van der Waals surface area contributed by atoms with Crippen molar-refractivity contribution >= 4 is 23.9 Å². The number of carbonyl (C=O) groups excluding carboxylic acids is 4. The Bertz CT molecular complexity index is 1710. The van der Waals surface area contributed by atoms with Crippen molar-refractivity contribution in [1.82, 2.24) is 0 Å². The van der Waals surface area contributed by atoms with Crippen LogP contribution in [0.25, 0.3) is 0 Å². The lowest BCUT2D eigenvalue weighted by molar-refractivity contribution is -0.139. The van der Waals surface area contributed by atoms with E-state index in [1.165, 1.54) is 48.5 Å². The second kappa shape index (κ2) is 28.0. The van der Waals surface area contributed by atoms with Gasteiger partial charge in [-0.05, 0) is 88.1 Å². The highest BCUT2D eigenvalue weighted by atomic mass is 19.1. The molecule has 0 heterocycles. The summed E-state index contributed by atoms with van der Waals surface area (Å²) in [6.07, 6.45) is 16.0. The smallest absolute Gasteiger partial charge is 0.346 e. The van der Waals surface area contributed by atoms with Crippen LogP contribution in [0.5, 0.6) is 23.0 Å². The van der Waals surface area contributed by atoms with Crippen molar-refractivity contribution in [3.05, 3.63) is 108 Å². The van der Waals surface area contributed by atoms with Crippen LogP contribution in [0.4, 0.5) is 8.78 Å². The second-order valence-corrected chi connectivity index (χ2v) is 14.7. The summed E-state index contributed by atoms with van der Waals surface area (Å²) in [5.74, 6) is -3.28. The molecule has 0 aromatic heterocycles. The minimum absolute atomic E-state index is 0.0899. The summed E-state index contributed by atoms with van der Waals surface area (Å²) >= 11 is 0. The van der Waals surface area contributed by atoms with Gasteiger partial charge in [-0.1, -0.05) is 90.2 Å². The highest BCUT2D eigenvalue weighted by Gasteiger charge is 2.18. The van der Waals surface area contributed by atoms with Crippen LogP contribution < -0.4 is 18.9 Å². The number of halogens is 2. The van der Waals surface area contributed by atoms with E-state index in [1.54, 1.807) is 13.8 Å². The summed E-state index contributed by atoms with van der Waals surface area (Å²) in [6.45, 7) is 12.1. The lowest BCUT2D eigenvalue weighted by Gasteiger charge is -2.10. The van der Waals surface area contributed by atoms with E-state index in [0.717, 1.165) is 115 Å². The van der Waals surface area contributed by atoms with Crippen molar-refractivity contribution in [3.63, 3.8) is 0 Å². The van der Waals surface area contributed by atoms with Crippen molar-refractivity contribution in [3.8, 4) is 23.0 Å². The van der Waals surface area contributed by atoms with Crippen molar-refractivity contribution in [2.45, 2.75) is 117 Å². The van der Waals surface area contributed by atoms with Gasteiger partial charge in [-0.15, -0.1) is 0 Å². The lowest BCUT2D eigenvalue weighted by atomic mass is 10.1. The maximum Gasteiger partial charge on any atom is 0.346 e. The van der Waals surface area contributed by atoms with E-state index in [1.807, 2.05) is 0 Å². The standard InChI is InChI=1S/C48H60F2O10/c1-35(2)45(51)57-31-19-15-11-7-5-9-13-17-29-55-39-25-27-41(43(49)33-39)47(53)59-37-21-23-38(24-22-37)60-48(54)42-28-26-40(34-44(42)50)56-30-18-14-10-6-8-12-16-20-32-58-46(52)36(3)4/h21-28,33-34H,1,3,5-20,29-32H2,2,4H3. The minimum atomic E-state index is -0.912. The summed E-state index contributed by atoms with van der Waals surface area (Å²) in [4.78, 5) is 48.1. The van der Waals surface area contributed by atoms with Gasteiger partial charge in [0, 0.05) is 23.3 Å². The molecule has 0 amide bonds.